The van der Waals surface area contributed by atoms with Crippen molar-refractivity contribution in [3.05, 3.63) is 0 Å². The maximum absolute atomic E-state index is 11.6. The molecule has 16 heavy (non-hydrogen) atoms. The number of sulfonamides is 1. The van der Waals surface area contributed by atoms with E-state index < -0.39 is 30.5 Å². The van der Waals surface area contributed by atoms with E-state index in [1.54, 1.807) is 0 Å². The van der Waals surface area contributed by atoms with Crippen molar-refractivity contribution in [1.29, 1.82) is 0 Å². The monoisotopic (exact) mass is 271 g/mol. The van der Waals surface area contributed by atoms with Gasteiger partial charge in [0.2, 0.25) is 10.0 Å². The minimum atomic E-state index is -3.79. The first-order valence-electron chi connectivity index (χ1n) is 4.96. The summed E-state index contributed by atoms with van der Waals surface area (Å²) in [5, 5.41) is 8.90. The Kier molecular flexibility index (Phi) is 3.68. The number of sulfone groups is 1. The summed E-state index contributed by atoms with van der Waals surface area (Å²) in [6.45, 7) is 1.89. The third kappa shape index (κ3) is 3.41. The van der Waals surface area contributed by atoms with Gasteiger partial charge in [-0.3, -0.25) is 0 Å². The first-order valence-corrected chi connectivity index (χ1v) is 8.63. The molecule has 0 bridgehead atoms. The Morgan fingerprint density at radius 1 is 1.25 bits per heavy atom. The molecule has 1 aliphatic rings. The minimum Gasteiger partial charge on any atom is -0.387 e. The summed E-state index contributed by atoms with van der Waals surface area (Å²) in [6.07, 6.45) is 2.16. The second-order valence-corrected chi connectivity index (χ2v) is 8.87. The van der Waals surface area contributed by atoms with E-state index >= 15 is 0 Å². The maximum atomic E-state index is 11.6. The molecule has 1 rings (SSSR count). The van der Waals surface area contributed by atoms with Gasteiger partial charge in [0.25, 0.3) is 0 Å². The normalized spacial score (nSPS) is 21.7. The minimum absolute atomic E-state index is 0.00130. The molecule has 0 spiro atoms. The molecule has 0 amide bonds. The fraction of sp³-hybridized carbons (Fsp3) is 1.00. The Morgan fingerprint density at radius 3 is 2.12 bits per heavy atom. The van der Waals surface area contributed by atoms with Crippen LogP contribution in [-0.2, 0) is 19.9 Å². The summed E-state index contributed by atoms with van der Waals surface area (Å²) in [6, 6.07) is 0. The van der Waals surface area contributed by atoms with E-state index in [1.165, 1.54) is 0 Å². The Bertz CT molecular complexity index is 447. The molecular weight excluding hydrogens is 254 g/mol. The van der Waals surface area contributed by atoms with E-state index in [-0.39, 0.29) is 13.1 Å². The average Bonchev–Trinajstić information content (AvgIpc) is 1.95. The van der Waals surface area contributed by atoms with Gasteiger partial charge in [0.15, 0.2) is 14.9 Å². The Labute approximate surface area is 96.2 Å². The topological polar surface area (TPSA) is 91.8 Å². The van der Waals surface area contributed by atoms with E-state index in [2.05, 4.69) is 0 Å². The smallest absolute Gasteiger partial charge is 0.228 e. The van der Waals surface area contributed by atoms with Crippen LogP contribution in [0.2, 0.25) is 0 Å². The molecule has 0 radical (unpaired) electrons. The molecule has 1 aliphatic heterocycles. The van der Waals surface area contributed by atoms with Crippen LogP contribution in [0.3, 0.4) is 0 Å². The zero-order valence-electron chi connectivity index (χ0n) is 9.38. The van der Waals surface area contributed by atoms with Crippen molar-refractivity contribution in [1.82, 2.24) is 4.31 Å². The first-order chi connectivity index (χ1) is 7.08. The lowest BCUT2D eigenvalue weighted by Gasteiger charge is -2.45. The quantitative estimate of drug-likeness (QED) is 0.704. The van der Waals surface area contributed by atoms with Crippen LogP contribution in [-0.4, -0.2) is 56.3 Å². The molecule has 0 atom stereocenters. The van der Waals surface area contributed by atoms with E-state index in [4.69, 9.17) is 0 Å². The number of nitrogens with zero attached hydrogens (tertiary/aromatic N) is 1. The van der Waals surface area contributed by atoms with Gasteiger partial charge in [-0.05, 0) is 6.42 Å². The summed E-state index contributed by atoms with van der Waals surface area (Å²) >= 11 is 0. The Hall–Kier alpha value is -0.180. The third-order valence-corrected chi connectivity index (χ3v) is 6.36. The number of aliphatic hydroxyl groups is 1. The summed E-state index contributed by atoms with van der Waals surface area (Å²) < 4.78 is 45.9. The van der Waals surface area contributed by atoms with Gasteiger partial charge in [-0.15, -0.1) is 0 Å². The Morgan fingerprint density at radius 2 is 1.75 bits per heavy atom. The van der Waals surface area contributed by atoms with Crippen LogP contribution in [0.1, 0.15) is 19.8 Å². The second kappa shape index (κ2) is 4.25. The van der Waals surface area contributed by atoms with E-state index in [0.717, 1.165) is 17.0 Å². The highest BCUT2D eigenvalue weighted by molar-refractivity contribution is 8.06. The van der Waals surface area contributed by atoms with Crippen LogP contribution >= 0.6 is 0 Å². The molecule has 0 unspecified atom stereocenters. The van der Waals surface area contributed by atoms with Gasteiger partial charge in [-0.2, -0.15) is 4.31 Å². The summed E-state index contributed by atoms with van der Waals surface area (Å²) in [7, 11) is -7.35. The molecule has 1 heterocycles. The molecule has 0 aromatic rings. The average molecular weight is 271 g/mol. The molecule has 6 nitrogen and oxygen atoms in total. The molecule has 96 valence electrons. The predicted molar refractivity (Wildman–Crippen MR) is 60.1 cm³/mol. The van der Waals surface area contributed by atoms with E-state index in [1.807, 2.05) is 6.92 Å². The van der Waals surface area contributed by atoms with Crippen LogP contribution in [0, 0.1) is 0 Å². The van der Waals surface area contributed by atoms with Crippen molar-refractivity contribution in [2.75, 3.05) is 24.4 Å². The van der Waals surface area contributed by atoms with Gasteiger partial charge in [0.1, 0.15) is 0 Å². The molecule has 1 fully saturated rings. The highest BCUT2D eigenvalue weighted by Crippen LogP contribution is 2.28. The lowest BCUT2D eigenvalue weighted by Crippen LogP contribution is -2.63. The van der Waals surface area contributed by atoms with E-state index in [0.29, 0.717) is 6.42 Å². The van der Waals surface area contributed by atoms with Crippen molar-refractivity contribution in [2.24, 2.45) is 0 Å². The molecule has 1 saturated heterocycles. The van der Waals surface area contributed by atoms with Crippen LogP contribution in [0.4, 0.5) is 0 Å². The summed E-state index contributed by atoms with van der Waals surface area (Å²) in [5.74, 6) is 0. The molecule has 1 N–H and O–H groups in total. The lowest BCUT2D eigenvalue weighted by molar-refractivity contribution is -0.0651. The van der Waals surface area contributed by atoms with Crippen LogP contribution < -0.4 is 0 Å². The molecule has 0 aromatic carbocycles. The highest BCUT2D eigenvalue weighted by atomic mass is 32.3. The predicted octanol–water partition coefficient (Wildman–Crippen LogP) is -0.835. The lowest BCUT2D eigenvalue weighted by atomic mass is 9.92. The second-order valence-electron chi connectivity index (χ2n) is 4.40. The fourth-order valence-corrected chi connectivity index (χ4v) is 5.41. The zero-order chi connectivity index (χ0) is 12.6. The van der Waals surface area contributed by atoms with E-state index in [9.17, 15) is 21.9 Å². The molecular formula is C8H17NO5S2. The zero-order valence-corrected chi connectivity index (χ0v) is 11.0. The van der Waals surface area contributed by atoms with Crippen LogP contribution in [0.5, 0.6) is 0 Å². The van der Waals surface area contributed by atoms with Crippen molar-refractivity contribution in [2.45, 2.75) is 25.4 Å². The fourth-order valence-electron chi connectivity index (χ4n) is 1.78. The van der Waals surface area contributed by atoms with Crippen LogP contribution in [0.15, 0.2) is 0 Å². The van der Waals surface area contributed by atoms with Gasteiger partial charge in [-0.25, -0.2) is 16.8 Å². The molecule has 0 saturated carbocycles. The molecule has 0 aliphatic carbocycles. The molecule has 8 heteroatoms. The standard InChI is InChI=1S/C8H17NO5S2/c1-3-4-8(10)5-9(6-8)16(13,14)7-15(2,11)12/h10H,3-7H2,1-2H3. The number of hydrogen-bond donors (Lipinski definition) is 1. The highest BCUT2D eigenvalue weighted by Gasteiger charge is 2.46. The van der Waals surface area contributed by atoms with Crippen molar-refractivity contribution < 1.29 is 21.9 Å². The third-order valence-electron chi connectivity index (χ3n) is 2.41. The summed E-state index contributed by atoms with van der Waals surface area (Å²) in [5.41, 5.74) is -0.973. The van der Waals surface area contributed by atoms with Crippen molar-refractivity contribution in [3.8, 4) is 0 Å². The van der Waals surface area contributed by atoms with Gasteiger partial charge in [0.05, 0.1) is 5.60 Å². The number of rotatable bonds is 5. The van der Waals surface area contributed by atoms with Gasteiger partial charge in [0, 0.05) is 19.3 Å². The van der Waals surface area contributed by atoms with Crippen molar-refractivity contribution >= 4 is 19.9 Å². The van der Waals surface area contributed by atoms with Gasteiger partial charge >= 0.3 is 0 Å². The number of β-amino-alcohol motifs (C(OH)–C–C–N with tert-alkyl or cyclic N) is 1. The van der Waals surface area contributed by atoms with Crippen molar-refractivity contribution in [3.63, 3.8) is 0 Å². The van der Waals surface area contributed by atoms with Gasteiger partial charge in [-0.1, -0.05) is 13.3 Å². The number of hydrogen-bond acceptors (Lipinski definition) is 5. The Balaban J connectivity index is 2.64. The SMILES string of the molecule is CCCC1(O)CN(S(=O)(=O)CS(C)(=O)=O)C1. The largest absolute Gasteiger partial charge is 0.387 e. The van der Waals surface area contributed by atoms with Gasteiger partial charge < -0.3 is 5.11 Å². The van der Waals surface area contributed by atoms with Crippen LogP contribution in [0.25, 0.3) is 0 Å². The molecule has 0 aromatic heterocycles. The summed E-state index contributed by atoms with van der Waals surface area (Å²) in [4.78, 5) is 0. The first kappa shape index (κ1) is 13.9. The maximum Gasteiger partial charge on any atom is 0.228 e.